The van der Waals surface area contributed by atoms with Crippen LogP contribution in [-0.2, 0) is 0 Å². The summed E-state index contributed by atoms with van der Waals surface area (Å²) in [4.78, 5) is 0. The summed E-state index contributed by atoms with van der Waals surface area (Å²) in [6.45, 7) is 5.98. The highest BCUT2D eigenvalue weighted by Gasteiger charge is 2.06. The Morgan fingerprint density at radius 3 is 2.44 bits per heavy atom. The Hall–Kier alpha value is -0.300. The molecule has 0 saturated heterocycles. The second-order valence-corrected chi connectivity index (χ2v) is 2.36. The van der Waals surface area contributed by atoms with Crippen LogP contribution in [0.1, 0.15) is 27.2 Å². The van der Waals surface area contributed by atoms with Crippen LogP contribution in [0.3, 0.4) is 0 Å². The fourth-order valence-corrected chi connectivity index (χ4v) is 0.804. The Bertz CT molecular complexity index is 86.6. The maximum atomic E-state index is 9.21. The topological polar surface area (TPSA) is 20.2 Å². The summed E-state index contributed by atoms with van der Waals surface area (Å²) in [6, 6.07) is 0. The van der Waals surface area contributed by atoms with Crippen molar-refractivity contribution in [1.29, 1.82) is 0 Å². The standard InChI is InChI=1S/C8H16O/c1-4-6-7(3)8(9)5-2/h4,6-9H,5H2,1-3H3/b6-4+/t7-,8-/m1/s1. The molecule has 0 aliphatic rings. The third-order valence-electron chi connectivity index (χ3n) is 1.52. The molecule has 0 aromatic rings. The lowest BCUT2D eigenvalue weighted by Crippen LogP contribution is -2.13. The van der Waals surface area contributed by atoms with Crippen molar-refractivity contribution in [2.45, 2.75) is 33.3 Å². The van der Waals surface area contributed by atoms with Crippen molar-refractivity contribution in [3.63, 3.8) is 0 Å². The first-order chi connectivity index (χ1) is 4.22. The molecule has 54 valence electrons. The molecule has 1 nitrogen and oxygen atoms in total. The first kappa shape index (κ1) is 8.70. The first-order valence-electron chi connectivity index (χ1n) is 3.53. The molecule has 2 atom stereocenters. The molecule has 0 bridgehead atoms. The summed E-state index contributed by atoms with van der Waals surface area (Å²) in [6.07, 6.45) is 4.67. The lowest BCUT2D eigenvalue weighted by Gasteiger charge is -2.11. The number of aliphatic hydroxyl groups is 1. The summed E-state index contributed by atoms with van der Waals surface area (Å²) in [7, 11) is 0. The predicted octanol–water partition coefficient (Wildman–Crippen LogP) is 1.97. The van der Waals surface area contributed by atoms with E-state index in [-0.39, 0.29) is 6.10 Å². The van der Waals surface area contributed by atoms with E-state index >= 15 is 0 Å². The van der Waals surface area contributed by atoms with E-state index in [1.54, 1.807) is 0 Å². The molecule has 0 unspecified atom stereocenters. The van der Waals surface area contributed by atoms with Gasteiger partial charge < -0.3 is 5.11 Å². The van der Waals surface area contributed by atoms with E-state index in [1.807, 2.05) is 32.9 Å². The molecule has 9 heavy (non-hydrogen) atoms. The van der Waals surface area contributed by atoms with Crippen molar-refractivity contribution in [3.8, 4) is 0 Å². The van der Waals surface area contributed by atoms with E-state index in [0.29, 0.717) is 5.92 Å². The maximum Gasteiger partial charge on any atom is 0.0597 e. The lowest BCUT2D eigenvalue weighted by atomic mass is 10.0. The average molecular weight is 128 g/mol. The van der Waals surface area contributed by atoms with Crippen LogP contribution >= 0.6 is 0 Å². The van der Waals surface area contributed by atoms with Crippen molar-refractivity contribution in [2.75, 3.05) is 0 Å². The highest BCUT2D eigenvalue weighted by atomic mass is 16.3. The van der Waals surface area contributed by atoms with Crippen LogP contribution in [-0.4, -0.2) is 11.2 Å². The highest BCUT2D eigenvalue weighted by molar-refractivity contribution is 4.86. The summed E-state index contributed by atoms with van der Waals surface area (Å²) in [5.74, 6) is 0.306. The van der Waals surface area contributed by atoms with Crippen LogP contribution in [0.5, 0.6) is 0 Å². The van der Waals surface area contributed by atoms with E-state index in [4.69, 9.17) is 0 Å². The van der Waals surface area contributed by atoms with Gasteiger partial charge in [0.1, 0.15) is 0 Å². The average Bonchev–Trinajstić information content (AvgIpc) is 1.87. The minimum Gasteiger partial charge on any atom is -0.393 e. The quantitative estimate of drug-likeness (QED) is 0.576. The fraction of sp³-hybridized carbons (Fsp3) is 0.750. The Labute approximate surface area is 57.4 Å². The van der Waals surface area contributed by atoms with Gasteiger partial charge in [0.25, 0.3) is 0 Å². The van der Waals surface area contributed by atoms with Crippen LogP contribution < -0.4 is 0 Å². The molecule has 0 aromatic carbocycles. The van der Waals surface area contributed by atoms with Crippen molar-refractivity contribution in [3.05, 3.63) is 12.2 Å². The summed E-state index contributed by atoms with van der Waals surface area (Å²) in [5, 5.41) is 9.21. The first-order valence-corrected chi connectivity index (χ1v) is 3.53. The van der Waals surface area contributed by atoms with Gasteiger partial charge in [-0.1, -0.05) is 26.0 Å². The van der Waals surface area contributed by atoms with E-state index in [0.717, 1.165) is 6.42 Å². The van der Waals surface area contributed by atoms with Gasteiger partial charge >= 0.3 is 0 Å². The lowest BCUT2D eigenvalue weighted by molar-refractivity contribution is 0.133. The zero-order chi connectivity index (χ0) is 7.28. The maximum absolute atomic E-state index is 9.21. The molecule has 1 N–H and O–H groups in total. The third kappa shape index (κ3) is 3.31. The molecule has 0 spiro atoms. The largest absolute Gasteiger partial charge is 0.393 e. The van der Waals surface area contributed by atoms with Gasteiger partial charge in [-0.3, -0.25) is 0 Å². The van der Waals surface area contributed by atoms with Crippen molar-refractivity contribution >= 4 is 0 Å². The fourth-order valence-electron chi connectivity index (χ4n) is 0.804. The summed E-state index contributed by atoms with van der Waals surface area (Å²) in [5.41, 5.74) is 0. The number of hydrogen-bond donors (Lipinski definition) is 1. The van der Waals surface area contributed by atoms with Crippen molar-refractivity contribution in [1.82, 2.24) is 0 Å². The molecule has 0 fully saturated rings. The number of hydrogen-bond acceptors (Lipinski definition) is 1. The minimum absolute atomic E-state index is 0.166. The van der Waals surface area contributed by atoms with Gasteiger partial charge in [0.05, 0.1) is 6.10 Å². The van der Waals surface area contributed by atoms with E-state index in [2.05, 4.69) is 0 Å². The number of allylic oxidation sites excluding steroid dienone is 1. The van der Waals surface area contributed by atoms with Gasteiger partial charge in [0.2, 0.25) is 0 Å². The molecule has 0 amide bonds. The normalized spacial score (nSPS) is 18.2. The second-order valence-electron chi connectivity index (χ2n) is 2.36. The Morgan fingerprint density at radius 2 is 2.11 bits per heavy atom. The minimum atomic E-state index is -0.166. The van der Waals surface area contributed by atoms with Gasteiger partial charge in [-0.25, -0.2) is 0 Å². The van der Waals surface area contributed by atoms with E-state index < -0.39 is 0 Å². The zero-order valence-electron chi connectivity index (χ0n) is 6.46. The van der Waals surface area contributed by atoms with Gasteiger partial charge in [-0.05, 0) is 19.3 Å². The smallest absolute Gasteiger partial charge is 0.0597 e. The van der Waals surface area contributed by atoms with Gasteiger partial charge in [-0.2, -0.15) is 0 Å². The molecule has 0 rings (SSSR count). The molecule has 0 aliphatic carbocycles. The molecule has 0 aliphatic heterocycles. The zero-order valence-corrected chi connectivity index (χ0v) is 6.46. The molecule has 0 radical (unpaired) electrons. The number of aliphatic hydroxyl groups excluding tert-OH is 1. The van der Waals surface area contributed by atoms with Crippen LogP contribution in [0.2, 0.25) is 0 Å². The molecule has 0 heterocycles. The van der Waals surface area contributed by atoms with Gasteiger partial charge in [0.15, 0.2) is 0 Å². The van der Waals surface area contributed by atoms with Gasteiger partial charge in [0, 0.05) is 0 Å². The second kappa shape index (κ2) is 4.57. The summed E-state index contributed by atoms with van der Waals surface area (Å²) >= 11 is 0. The molecule has 0 saturated carbocycles. The van der Waals surface area contributed by atoms with Crippen LogP contribution in [0, 0.1) is 5.92 Å². The van der Waals surface area contributed by atoms with E-state index in [1.165, 1.54) is 0 Å². The molecular formula is C8H16O. The molecule has 0 aromatic heterocycles. The Kier molecular flexibility index (Phi) is 4.41. The Morgan fingerprint density at radius 1 is 1.56 bits per heavy atom. The molecular weight excluding hydrogens is 112 g/mol. The van der Waals surface area contributed by atoms with Crippen LogP contribution in [0.25, 0.3) is 0 Å². The van der Waals surface area contributed by atoms with Crippen LogP contribution in [0.4, 0.5) is 0 Å². The van der Waals surface area contributed by atoms with Crippen molar-refractivity contribution in [2.24, 2.45) is 5.92 Å². The van der Waals surface area contributed by atoms with Gasteiger partial charge in [-0.15, -0.1) is 0 Å². The van der Waals surface area contributed by atoms with E-state index in [9.17, 15) is 5.11 Å². The highest BCUT2D eigenvalue weighted by Crippen LogP contribution is 2.06. The van der Waals surface area contributed by atoms with Crippen LogP contribution in [0.15, 0.2) is 12.2 Å². The number of rotatable bonds is 3. The monoisotopic (exact) mass is 128 g/mol. The molecule has 1 heteroatoms. The SMILES string of the molecule is C/C=C/[C@@H](C)[C@H](O)CC. The Balaban J connectivity index is 3.58. The predicted molar refractivity (Wildman–Crippen MR) is 40.3 cm³/mol. The van der Waals surface area contributed by atoms with Crippen molar-refractivity contribution < 1.29 is 5.11 Å². The summed E-state index contributed by atoms with van der Waals surface area (Å²) < 4.78 is 0. The third-order valence-corrected chi connectivity index (χ3v) is 1.52.